The molecule has 4 heteroatoms. The highest BCUT2D eigenvalue weighted by atomic mass is 16.3. The van der Waals surface area contributed by atoms with Gasteiger partial charge in [-0.05, 0) is 31.0 Å². The molecular weight excluding hydrogens is 204 g/mol. The van der Waals surface area contributed by atoms with Crippen LogP contribution >= 0.6 is 0 Å². The maximum absolute atomic E-state index is 11.8. The molecule has 1 aromatic carbocycles. The second-order valence-corrected chi connectivity index (χ2v) is 4.19. The maximum atomic E-state index is 11.8. The van der Waals surface area contributed by atoms with Crippen molar-refractivity contribution in [2.45, 2.75) is 19.4 Å². The van der Waals surface area contributed by atoms with Gasteiger partial charge in [0.15, 0.2) is 0 Å². The Hall–Kier alpha value is -1.55. The molecule has 1 unspecified atom stereocenters. The monoisotopic (exact) mass is 220 g/mol. The molecule has 0 bridgehead atoms. The van der Waals surface area contributed by atoms with Crippen molar-refractivity contribution in [3.05, 3.63) is 29.8 Å². The van der Waals surface area contributed by atoms with Crippen molar-refractivity contribution in [3.8, 4) is 0 Å². The first-order valence-electron chi connectivity index (χ1n) is 5.46. The van der Waals surface area contributed by atoms with Gasteiger partial charge in [-0.3, -0.25) is 0 Å². The number of rotatable bonds is 1. The van der Waals surface area contributed by atoms with Crippen LogP contribution in [-0.2, 0) is 0 Å². The zero-order chi connectivity index (χ0) is 11.5. The Morgan fingerprint density at radius 3 is 3.00 bits per heavy atom. The number of urea groups is 1. The third-order valence-corrected chi connectivity index (χ3v) is 2.72. The average molecular weight is 220 g/mol. The summed E-state index contributed by atoms with van der Waals surface area (Å²) in [6.45, 7) is 3.03. The number of aliphatic hydroxyl groups is 1. The number of hydrogen-bond acceptors (Lipinski definition) is 2. The van der Waals surface area contributed by atoms with Gasteiger partial charge in [0.05, 0.1) is 6.10 Å². The minimum Gasteiger partial charge on any atom is -0.391 e. The molecule has 2 amide bonds. The smallest absolute Gasteiger partial charge is 0.321 e. The summed E-state index contributed by atoms with van der Waals surface area (Å²) in [6.07, 6.45) is 0.296. The van der Waals surface area contributed by atoms with Crippen LogP contribution in [0.2, 0.25) is 0 Å². The SMILES string of the molecule is Cc1cccc(NC(=O)N2CCC(O)C2)c1. The predicted octanol–water partition coefficient (Wildman–Crippen LogP) is 1.59. The minimum atomic E-state index is -0.372. The molecule has 2 rings (SSSR count). The molecule has 4 nitrogen and oxygen atoms in total. The van der Waals surface area contributed by atoms with Crippen LogP contribution in [0.3, 0.4) is 0 Å². The molecule has 86 valence electrons. The van der Waals surface area contributed by atoms with E-state index in [1.807, 2.05) is 31.2 Å². The van der Waals surface area contributed by atoms with E-state index in [2.05, 4.69) is 5.32 Å². The molecular formula is C12H16N2O2. The van der Waals surface area contributed by atoms with Gasteiger partial charge in [-0.2, -0.15) is 0 Å². The normalized spacial score (nSPS) is 19.9. The van der Waals surface area contributed by atoms with Gasteiger partial charge in [0, 0.05) is 18.8 Å². The van der Waals surface area contributed by atoms with Gasteiger partial charge >= 0.3 is 6.03 Å². The highest BCUT2D eigenvalue weighted by Crippen LogP contribution is 2.13. The molecule has 0 aliphatic carbocycles. The Bertz CT molecular complexity index is 392. The first kappa shape index (κ1) is 11.0. The lowest BCUT2D eigenvalue weighted by Crippen LogP contribution is -2.33. The summed E-state index contributed by atoms with van der Waals surface area (Å²) in [5.74, 6) is 0. The number of carbonyl (C=O) groups is 1. The van der Waals surface area contributed by atoms with Crippen LogP contribution in [-0.4, -0.2) is 35.2 Å². The Kier molecular flexibility index (Phi) is 3.10. The van der Waals surface area contributed by atoms with E-state index in [4.69, 9.17) is 0 Å². The number of likely N-dealkylation sites (tertiary alicyclic amines) is 1. The van der Waals surface area contributed by atoms with E-state index in [-0.39, 0.29) is 12.1 Å². The van der Waals surface area contributed by atoms with Crippen molar-refractivity contribution in [3.63, 3.8) is 0 Å². The molecule has 1 saturated heterocycles. The Labute approximate surface area is 94.9 Å². The molecule has 1 atom stereocenters. The summed E-state index contributed by atoms with van der Waals surface area (Å²) in [5, 5.41) is 12.2. The quantitative estimate of drug-likeness (QED) is 0.755. The average Bonchev–Trinajstić information content (AvgIpc) is 2.65. The summed E-state index contributed by atoms with van der Waals surface area (Å²) in [7, 11) is 0. The molecule has 0 spiro atoms. The van der Waals surface area contributed by atoms with Gasteiger partial charge in [0.25, 0.3) is 0 Å². The number of aryl methyl sites for hydroxylation is 1. The molecule has 1 aromatic rings. The number of β-amino-alcohol motifs (C(OH)–C–C–N with tert-alkyl or cyclic N) is 1. The fourth-order valence-electron chi connectivity index (χ4n) is 1.85. The number of amides is 2. The van der Waals surface area contributed by atoms with E-state index in [9.17, 15) is 9.90 Å². The van der Waals surface area contributed by atoms with Crippen LogP contribution in [0.15, 0.2) is 24.3 Å². The molecule has 16 heavy (non-hydrogen) atoms. The lowest BCUT2D eigenvalue weighted by Gasteiger charge is -2.16. The van der Waals surface area contributed by atoms with Crippen molar-refractivity contribution in [1.29, 1.82) is 0 Å². The topological polar surface area (TPSA) is 52.6 Å². The zero-order valence-electron chi connectivity index (χ0n) is 9.31. The van der Waals surface area contributed by atoms with Gasteiger partial charge in [-0.25, -0.2) is 4.79 Å². The third kappa shape index (κ3) is 2.52. The van der Waals surface area contributed by atoms with E-state index in [1.165, 1.54) is 0 Å². The van der Waals surface area contributed by atoms with Crippen molar-refractivity contribution >= 4 is 11.7 Å². The summed E-state index contributed by atoms with van der Waals surface area (Å²) >= 11 is 0. The fraction of sp³-hybridized carbons (Fsp3) is 0.417. The first-order valence-corrected chi connectivity index (χ1v) is 5.46. The third-order valence-electron chi connectivity index (χ3n) is 2.72. The maximum Gasteiger partial charge on any atom is 0.321 e. The van der Waals surface area contributed by atoms with E-state index in [1.54, 1.807) is 4.90 Å². The van der Waals surface area contributed by atoms with Gasteiger partial charge in [-0.1, -0.05) is 12.1 Å². The lowest BCUT2D eigenvalue weighted by molar-refractivity contribution is 0.176. The molecule has 0 radical (unpaired) electrons. The van der Waals surface area contributed by atoms with E-state index < -0.39 is 0 Å². The van der Waals surface area contributed by atoms with Crippen molar-refractivity contribution < 1.29 is 9.90 Å². The summed E-state index contributed by atoms with van der Waals surface area (Å²) in [5.41, 5.74) is 1.91. The van der Waals surface area contributed by atoms with Gasteiger partial charge in [0.2, 0.25) is 0 Å². The number of nitrogens with one attached hydrogen (secondary N) is 1. The largest absolute Gasteiger partial charge is 0.391 e. The van der Waals surface area contributed by atoms with Gasteiger partial charge < -0.3 is 15.3 Å². The molecule has 1 fully saturated rings. The van der Waals surface area contributed by atoms with E-state index in [0.29, 0.717) is 19.5 Å². The predicted molar refractivity (Wildman–Crippen MR) is 62.4 cm³/mol. The molecule has 2 N–H and O–H groups in total. The molecule has 0 aromatic heterocycles. The Morgan fingerprint density at radius 1 is 1.56 bits per heavy atom. The molecule has 1 heterocycles. The second kappa shape index (κ2) is 4.53. The van der Waals surface area contributed by atoms with Gasteiger partial charge in [-0.15, -0.1) is 0 Å². The van der Waals surface area contributed by atoms with Gasteiger partial charge in [0.1, 0.15) is 0 Å². The number of aliphatic hydroxyl groups excluding tert-OH is 1. The van der Waals surface area contributed by atoms with Crippen molar-refractivity contribution in [1.82, 2.24) is 4.90 Å². The first-order chi connectivity index (χ1) is 7.65. The number of anilines is 1. The van der Waals surface area contributed by atoms with Crippen LogP contribution < -0.4 is 5.32 Å². The van der Waals surface area contributed by atoms with E-state index in [0.717, 1.165) is 11.3 Å². The highest BCUT2D eigenvalue weighted by molar-refractivity contribution is 5.89. The summed E-state index contributed by atoms with van der Waals surface area (Å²) in [4.78, 5) is 13.4. The minimum absolute atomic E-state index is 0.137. The fourth-order valence-corrected chi connectivity index (χ4v) is 1.85. The number of benzene rings is 1. The molecule has 1 aliphatic rings. The van der Waals surface area contributed by atoms with Crippen LogP contribution in [0, 0.1) is 6.92 Å². The Balaban J connectivity index is 1.97. The second-order valence-electron chi connectivity index (χ2n) is 4.19. The van der Waals surface area contributed by atoms with Crippen LogP contribution in [0.4, 0.5) is 10.5 Å². The lowest BCUT2D eigenvalue weighted by atomic mass is 10.2. The zero-order valence-corrected chi connectivity index (χ0v) is 9.31. The van der Waals surface area contributed by atoms with E-state index >= 15 is 0 Å². The molecule has 1 aliphatic heterocycles. The summed E-state index contributed by atoms with van der Waals surface area (Å²) < 4.78 is 0. The standard InChI is InChI=1S/C12H16N2O2/c1-9-3-2-4-10(7-9)13-12(16)14-6-5-11(15)8-14/h2-4,7,11,15H,5-6,8H2,1H3,(H,13,16). The van der Waals surface area contributed by atoms with Crippen LogP contribution in [0.1, 0.15) is 12.0 Å². The number of carbonyl (C=O) groups excluding carboxylic acids is 1. The van der Waals surface area contributed by atoms with Crippen LogP contribution in [0.5, 0.6) is 0 Å². The molecule has 0 saturated carbocycles. The number of nitrogens with zero attached hydrogens (tertiary/aromatic N) is 1. The number of hydrogen-bond donors (Lipinski definition) is 2. The van der Waals surface area contributed by atoms with Crippen LogP contribution in [0.25, 0.3) is 0 Å². The Morgan fingerprint density at radius 2 is 2.38 bits per heavy atom. The highest BCUT2D eigenvalue weighted by Gasteiger charge is 2.24. The summed E-state index contributed by atoms with van der Waals surface area (Å²) in [6, 6.07) is 7.53. The van der Waals surface area contributed by atoms with Crippen molar-refractivity contribution in [2.75, 3.05) is 18.4 Å². The van der Waals surface area contributed by atoms with Crippen molar-refractivity contribution in [2.24, 2.45) is 0 Å².